The number of hydrogen-bond donors (Lipinski definition) is 0. The van der Waals surface area contributed by atoms with Crippen LogP contribution in [0.25, 0.3) is 0 Å². The highest BCUT2D eigenvalue weighted by atomic mass is 35.5. The molecular weight excluding hydrogens is 287 g/mol. The van der Waals surface area contributed by atoms with Gasteiger partial charge in [0.05, 0.1) is 10.1 Å². The van der Waals surface area contributed by atoms with E-state index in [4.69, 9.17) is 34.8 Å². The van der Waals surface area contributed by atoms with Crippen LogP contribution in [0, 0.1) is 16.7 Å². The van der Waals surface area contributed by atoms with E-state index in [9.17, 15) is 0 Å². The van der Waals surface area contributed by atoms with E-state index in [1.807, 2.05) is 6.08 Å². The van der Waals surface area contributed by atoms with Crippen molar-refractivity contribution in [1.82, 2.24) is 0 Å². The quantitative estimate of drug-likeness (QED) is 0.500. The molecule has 2 aliphatic carbocycles. The van der Waals surface area contributed by atoms with Gasteiger partial charge in [-0.1, -0.05) is 75.0 Å². The number of halogens is 3. The summed E-state index contributed by atoms with van der Waals surface area (Å²) in [5.41, 5.74) is 2.91. The molecule has 0 aliphatic heterocycles. The van der Waals surface area contributed by atoms with Crippen LogP contribution in [0.4, 0.5) is 0 Å². The fourth-order valence-electron chi connectivity index (χ4n) is 2.99. The molecule has 0 amide bonds. The minimum atomic E-state index is 0.0457. The smallest absolute Gasteiger partial charge is 0.0743 e. The lowest BCUT2D eigenvalue weighted by molar-refractivity contribution is 0.233. The van der Waals surface area contributed by atoms with Crippen LogP contribution in [0.3, 0.4) is 0 Å². The normalized spacial score (nSPS) is 27.6. The lowest BCUT2D eigenvalue weighted by atomic mass is 9.56. The molecule has 3 heteroatoms. The van der Waals surface area contributed by atoms with Gasteiger partial charge in [0.2, 0.25) is 0 Å². The second kappa shape index (κ2) is 4.30. The summed E-state index contributed by atoms with van der Waals surface area (Å²) in [5.74, 6) is 0.246. The Morgan fingerprint density at radius 2 is 1.72 bits per heavy atom. The molecule has 1 saturated carbocycles. The van der Waals surface area contributed by atoms with Crippen molar-refractivity contribution in [3.8, 4) is 0 Å². The van der Waals surface area contributed by atoms with Crippen molar-refractivity contribution in [3.05, 3.63) is 32.3 Å². The number of hydrogen-bond acceptors (Lipinski definition) is 0. The van der Waals surface area contributed by atoms with Gasteiger partial charge in [-0.15, -0.1) is 0 Å². The summed E-state index contributed by atoms with van der Waals surface area (Å²) < 4.78 is 0. The van der Waals surface area contributed by atoms with Crippen molar-refractivity contribution >= 4 is 34.8 Å². The molecule has 100 valence electrons. The molecule has 0 spiro atoms. The van der Waals surface area contributed by atoms with Crippen molar-refractivity contribution in [2.24, 2.45) is 16.7 Å². The Bertz CT molecular complexity index is 484. The zero-order valence-electron chi connectivity index (χ0n) is 11.5. The number of allylic oxidation sites excluding steroid dienone is 6. The molecule has 1 unspecified atom stereocenters. The Kier molecular flexibility index (Phi) is 3.46. The zero-order valence-corrected chi connectivity index (χ0v) is 13.8. The molecule has 1 atom stereocenters. The van der Waals surface area contributed by atoms with E-state index >= 15 is 0 Å². The molecule has 0 heterocycles. The molecule has 0 nitrogen and oxygen atoms in total. The van der Waals surface area contributed by atoms with Crippen molar-refractivity contribution in [1.29, 1.82) is 0 Å². The topological polar surface area (TPSA) is 0 Å². The van der Waals surface area contributed by atoms with E-state index in [0.717, 1.165) is 6.42 Å². The van der Waals surface area contributed by atoms with Gasteiger partial charge < -0.3 is 0 Å². The van der Waals surface area contributed by atoms with Crippen LogP contribution >= 0.6 is 34.8 Å². The summed E-state index contributed by atoms with van der Waals surface area (Å²) in [4.78, 5) is 0. The minimum absolute atomic E-state index is 0.0457. The van der Waals surface area contributed by atoms with Gasteiger partial charge in [0.15, 0.2) is 0 Å². The summed E-state index contributed by atoms with van der Waals surface area (Å²) in [6, 6.07) is 0. The molecule has 0 aromatic rings. The second-order valence-corrected chi connectivity index (χ2v) is 8.06. The van der Waals surface area contributed by atoms with Crippen molar-refractivity contribution in [3.63, 3.8) is 0 Å². The maximum Gasteiger partial charge on any atom is 0.0743 e. The minimum Gasteiger partial charge on any atom is -0.0868 e. The molecule has 18 heavy (non-hydrogen) atoms. The largest absolute Gasteiger partial charge is 0.0868 e. The first-order chi connectivity index (χ1) is 8.05. The highest BCUT2D eigenvalue weighted by Gasteiger charge is 2.48. The van der Waals surface area contributed by atoms with E-state index in [-0.39, 0.29) is 16.7 Å². The molecule has 0 aromatic carbocycles. The van der Waals surface area contributed by atoms with Gasteiger partial charge in [-0.25, -0.2) is 0 Å². The molecule has 0 radical (unpaired) electrons. The van der Waals surface area contributed by atoms with Crippen LogP contribution in [0.2, 0.25) is 0 Å². The monoisotopic (exact) mass is 304 g/mol. The third kappa shape index (κ3) is 2.17. The van der Waals surface area contributed by atoms with Gasteiger partial charge >= 0.3 is 0 Å². The predicted molar refractivity (Wildman–Crippen MR) is 81.0 cm³/mol. The van der Waals surface area contributed by atoms with Gasteiger partial charge in [0.1, 0.15) is 0 Å². The highest BCUT2D eigenvalue weighted by molar-refractivity contribution is 6.48. The number of fused-ring (bicyclic) bond motifs is 1. The molecule has 0 N–H and O–H groups in total. The van der Waals surface area contributed by atoms with Gasteiger partial charge in [-0.3, -0.25) is 0 Å². The zero-order chi connectivity index (χ0) is 13.9. The average Bonchev–Trinajstić information content (AvgIpc) is 2.28. The summed E-state index contributed by atoms with van der Waals surface area (Å²) in [6.07, 6.45) is 3.04. The van der Waals surface area contributed by atoms with E-state index < -0.39 is 0 Å². The molecular formula is C15H19Cl3. The lowest BCUT2D eigenvalue weighted by Gasteiger charge is -2.49. The third-order valence-electron chi connectivity index (χ3n) is 3.89. The standard InChI is InChI=1S/C15H19Cl3/c1-14(2,3)9-6-10(16)13(18)12(17)8-7-15(4,5)11(8)9/h6,8H,7H2,1-5H3. The molecule has 1 fully saturated rings. The van der Waals surface area contributed by atoms with E-state index in [0.29, 0.717) is 15.1 Å². The molecule has 0 bridgehead atoms. The van der Waals surface area contributed by atoms with Gasteiger partial charge in [-0.2, -0.15) is 0 Å². The van der Waals surface area contributed by atoms with Crippen LogP contribution in [-0.4, -0.2) is 0 Å². The molecule has 2 aliphatic rings. The van der Waals surface area contributed by atoms with Gasteiger partial charge in [0.25, 0.3) is 0 Å². The van der Waals surface area contributed by atoms with Gasteiger partial charge in [0, 0.05) is 11.0 Å². The Hall–Kier alpha value is 0.0900. The summed E-state index contributed by atoms with van der Waals surface area (Å²) in [5, 5.41) is 1.77. The van der Waals surface area contributed by atoms with Crippen LogP contribution < -0.4 is 0 Å². The maximum atomic E-state index is 6.39. The Balaban J connectivity index is 2.68. The predicted octanol–water partition coefficient (Wildman–Crippen LogP) is 6.20. The van der Waals surface area contributed by atoms with Crippen LogP contribution in [0.1, 0.15) is 41.0 Å². The molecule has 0 saturated heterocycles. The third-order valence-corrected chi connectivity index (χ3v) is 5.24. The molecule has 0 aromatic heterocycles. The van der Waals surface area contributed by atoms with Crippen molar-refractivity contribution in [2.75, 3.05) is 0 Å². The summed E-state index contributed by atoms with van der Waals surface area (Å²) >= 11 is 18.9. The van der Waals surface area contributed by atoms with Crippen LogP contribution in [0.5, 0.6) is 0 Å². The first-order valence-electron chi connectivity index (χ1n) is 6.23. The Morgan fingerprint density at radius 3 is 2.17 bits per heavy atom. The Labute approximate surface area is 125 Å². The van der Waals surface area contributed by atoms with E-state index in [1.54, 1.807) is 0 Å². The lowest BCUT2D eigenvalue weighted by Crippen LogP contribution is -2.38. The van der Waals surface area contributed by atoms with Crippen LogP contribution in [-0.2, 0) is 0 Å². The summed E-state index contributed by atoms with van der Waals surface area (Å²) in [6.45, 7) is 11.1. The van der Waals surface area contributed by atoms with Gasteiger partial charge in [-0.05, 0) is 28.9 Å². The van der Waals surface area contributed by atoms with E-state index in [2.05, 4.69) is 34.6 Å². The fourth-order valence-corrected chi connectivity index (χ4v) is 3.72. The average molecular weight is 306 g/mol. The SMILES string of the molecule is CC(C)(C)C1=C2C(CC2(C)C)C(Cl)=C(Cl)C(Cl)=C1. The maximum absolute atomic E-state index is 6.39. The number of rotatable bonds is 0. The summed E-state index contributed by atoms with van der Waals surface area (Å²) in [7, 11) is 0. The van der Waals surface area contributed by atoms with E-state index in [1.165, 1.54) is 11.1 Å². The fraction of sp³-hybridized carbons (Fsp3) is 0.600. The molecule has 2 rings (SSSR count). The second-order valence-electron chi connectivity index (χ2n) is 6.87. The first kappa shape index (κ1) is 14.5. The van der Waals surface area contributed by atoms with Crippen molar-refractivity contribution < 1.29 is 0 Å². The first-order valence-corrected chi connectivity index (χ1v) is 7.37. The highest BCUT2D eigenvalue weighted by Crippen LogP contribution is 2.60. The van der Waals surface area contributed by atoms with Crippen molar-refractivity contribution in [2.45, 2.75) is 41.0 Å². The Morgan fingerprint density at radius 1 is 1.17 bits per heavy atom. The van der Waals surface area contributed by atoms with Crippen LogP contribution in [0.15, 0.2) is 32.3 Å².